The summed E-state index contributed by atoms with van der Waals surface area (Å²) in [7, 11) is 4.07. The molecule has 2 unspecified atom stereocenters. The smallest absolute Gasteiger partial charge is 0.242 e. The van der Waals surface area contributed by atoms with Crippen molar-refractivity contribution in [1.82, 2.24) is 10.2 Å². The molecule has 4 heteroatoms. The molecule has 0 saturated carbocycles. The fraction of sp³-hybridized carbons (Fsp3) is 0.435. The van der Waals surface area contributed by atoms with E-state index in [4.69, 9.17) is 0 Å². The van der Waals surface area contributed by atoms with Crippen LogP contribution < -0.4 is 10.2 Å². The summed E-state index contributed by atoms with van der Waals surface area (Å²) in [6, 6.07) is 18.4. The highest BCUT2D eigenvalue weighted by atomic mass is 16.2. The number of amides is 1. The Morgan fingerprint density at radius 1 is 0.963 bits per heavy atom. The largest absolute Gasteiger partial charge is 0.378 e. The lowest BCUT2D eigenvalue weighted by Gasteiger charge is -2.30. The van der Waals surface area contributed by atoms with Crippen molar-refractivity contribution in [3.05, 3.63) is 65.7 Å². The lowest BCUT2D eigenvalue weighted by atomic mass is 10.0. The summed E-state index contributed by atoms with van der Waals surface area (Å²) in [6.45, 7) is 7.95. The van der Waals surface area contributed by atoms with E-state index in [1.807, 2.05) is 44.4 Å². The van der Waals surface area contributed by atoms with Gasteiger partial charge in [0, 0.05) is 25.8 Å². The minimum atomic E-state index is -0.250. The predicted octanol–water partition coefficient (Wildman–Crippen LogP) is 3.88. The molecule has 0 aliphatic carbocycles. The molecule has 0 bridgehead atoms. The molecule has 1 amide bonds. The van der Waals surface area contributed by atoms with E-state index >= 15 is 0 Å². The molecule has 1 N–H and O–H groups in total. The Hall–Kier alpha value is -2.33. The SMILES string of the molecule is CCN(CC)C(C(=O)NC(C)Cc1ccc(N(C)C)cc1)c1ccccc1. The van der Waals surface area contributed by atoms with E-state index in [9.17, 15) is 4.79 Å². The molecule has 0 spiro atoms. The first kappa shape index (κ1) is 21.0. The van der Waals surface area contributed by atoms with Gasteiger partial charge in [0.05, 0.1) is 0 Å². The highest BCUT2D eigenvalue weighted by molar-refractivity contribution is 5.83. The van der Waals surface area contributed by atoms with Crippen LogP contribution in [0.4, 0.5) is 5.69 Å². The summed E-state index contributed by atoms with van der Waals surface area (Å²) < 4.78 is 0. The monoisotopic (exact) mass is 367 g/mol. The Bertz CT molecular complexity index is 693. The first-order valence-electron chi connectivity index (χ1n) is 9.81. The van der Waals surface area contributed by atoms with Gasteiger partial charge in [-0.3, -0.25) is 9.69 Å². The quantitative estimate of drug-likeness (QED) is 0.730. The number of rotatable bonds is 9. The Labute approximate surface area is 164 Å². The molecular weight excluding hydrogens is 334 g/mol. The standard InChI is InChI=1S/C23H33N3O/c1-6-26(7-2)22(20-11-9-8-10-12-20)23(27)24-18(3)17-19-13-15-21(16-14-19)25(4)5/h8-16,18,22H,6-7,17H2,1-5H3,(H,24,27). The number of likely N-dealkylation sites (N-methyl/N-ethyl adjacent to an activating group) is 1. The highest BCUT2D eigenvalue weighted by Crippen LogP contribution is 2.21. The summed E-state index contributed by atoms with van der Waals surface area (Å²) in [4.78, 5) is 17.4. The average molecular weight is 368 g/mol. The third kappa shape index (κ3) is 5.83. The van der Waals surface area contributed by atoms with Crippen LogP contribution in [0.15, 0.2) is 54.6 Å². The molecule has 0 aliphatic rings. The minimum Gasteiger partial charge on any atom is -0.378 e. The van der Waals surface area contributed by atoms with Gasteiger partial charge < -0.3 is 10.2 Å². The van der Waals surface area contributed by atoms with Crippen LogP contribution in [0.3, 0.4) is 0 Å². The number of anilines is 1. The molecule has 0 saturated heterocycles. The topological polar surface area (TPSA) is 35.6 Å². The number of hydrogen-bond donors (Lipinski definition) is 1. The summed E-state index contributed by atoms with van der Waals surface area (Å²) in [5.74, 6) is 0.0716. The molecule has 146 valence electrons. The number of hydrogen-bond acceptors (Lipinski definition) is 3. The van der Waals surface area contributed by atoms with E-state index in [0.717, 1.165) is 25.1 Å². The van der Waals surface area contributed by atoms with Crippen molar-refractivity contribution in [1.29, 1.82) is 0 Å². The van der Waals surface area contributed by atoms with Crippen LogP contribution in [0.2, 0.25) is 0 Å². The van der Waals surface area contributed by atoms with Gasteiger partial charge in [-0.2, -0.15) is 0 Å². The number of carbonyl (C=O) groups excluding carboxylic acids is 1. The number of carbonyl (C=O) groups is 1. The van der Waals surface area contributed by atoms with Crippen LogP contribution in [0.1, 0.15) is 37.9 Å². The maximum atomic E-state index is 13.1. The summed E-state index contributed by atoms with van der Waals surface area (Å²) in [5.41, 5.74) is 3.45. The molecule has 27 heavy (non-hydrogen) atoms. The maximum Gasteiger partial charge on any atom is 0.242 e. The van der Waals surface area contributed by atoms with Gasteiger partial charge in [-0.1, -0.05) is 56.3 Å². The average Bonchev–Trinajstić information content (AvgIpc) is 2.66. The molecule has 4 nitrogen and oxygen atoms in total. The van der Waals surface area contributed by atoms with E-state index < -0.39 is 0 Å². The van der Waals surface area contributed by atoms with Crippen molar-refractivity contribution in [3.8, 4) is 0 Å². The molecule has 0 radical (unpaired) electrons. The molecule has 0 heterocycles. The lowest BCUT2D eigenvalue weighted by molar-refractivity contribution is -0.127. The Morgan fingerprint density at radius 2 is 1.56 bits per heavy atom. The molecule has 0 fully saturated rings. The van der Waals surface area contributed by atoms with Crippen LogP contribution in [-0.2, 0) is 11.2 Å². The van der Waals surface area contributed by atoms with Gasteiger partial charge in [0.2, 0.25) is 5.91 Å². The summed E-state index contributed by atoms with van der Waals surface area (Å²) >= 11 is 0. The number of nitrogens with one attached hydrogen (secondary N) is 1. The summed E-state index contributed by atoms with van der Waals surface area (Å²) in [5, 5.41) is 3.22. The van der Waals surface area contributed by atoms with Gasteiger partial charge in [0.1, 0.15) is 6.04 Å². The lowest BCUT2D eigenvalue weighted by Crippen LogP contribution is -2.44. The van der Waals surface area contributed by atoms with Crippen molar-refractivity contribution >= 4 is 11.6 Å². The van der Waals surface area contributed by atoms with Crippen molar-refractivity contribution in [2.45, 2.75) is 39.3 Å². The van der Waals surface area contributed by atoms with Crippen LogP contribution in [-0.4, -0.2) is 44.0 Å². The third-order valence-electron chi connectivity index (χ3n) is 4.92. The van der Waals surface area contributed by atoms with Gasteiger partial charge >= 0.3 is 0 Å². The van der Waals surface area contributed by atoms with Crippen LogP contribution in [0, 0.1) is 0 Å². The molecular formula is C23H33N3O. The Kier molecular flexibility index (Phi) is 7.86. The first-order valence-corrected chi connectivity index (χ1v) is 9.81. The zero-order valence-electron chi connectivity index (χ0n) is 17.3. The van der Waals surface area contributed by atoms with Crippen molar-refractivity contribution in [2.24, 2.45) is 0 Å². The van der Waals surface area contributed by atoms with Crippen molar-refractivity contribution in [2.75, 3.05) is 32.1 Å². The minimum absolute atomic E-state index is 0.0716. The van der Waals surface area contributed by atoms with Gasteiger partial charge in [-0.25, -0.2) is 0 Å². The zero-order chi connectivity index (χ0) is 19.8. The first-order chi connectivity index (χ1) is 13.0. The van der Waals surface area contributed by atoms with E-state index in [-0.39, 0.29) is 18.0 Å². The second-order valence-electron chi connectivity index (χ2n) is 7.21. The molecule has 2 aromatic rings. The van der Waals surface area contributed by atoms with E-state index in [0.29, 0.717) is 0 Å². The van der Waals surface area contributed by atoms with E-state index in [1.54, 1.807) is 0 Å². The molecule has 2 rings (SSSR count). The second-order valence-corrected chi connectivity index (χ2v) is 7.21. The Morgan fingerprint density at radius 3 is 2.07 bits per heavy atom. The fourth-order valence-electron chi connectivity index (χ4n) is 3.41. The second kappa shape index (κ2) is 10.1. The van der Waals surface area contributed by atoms with Crippen molar-refractivity contribution < 1.29 is 4.79 Å². The van der Waals surface area contributed by atoms with E-state index in [2.05, 4.69) is 60.2 Å². The zero-order valence-corrected chi connectivity index (χ0v) is 17.3. The van der Waals surface area contributed by atoms with Crippen LogP contribution in [0.5, 0.6) is 0 Å². The molecule has 0 aliphatic heterocycles. The molecule has 2 atom stereocenters. The van der Waals surface area contributed by atoms with E-state index in [1.165, 1.54) is 11.3 Å². The van der Waals surface area contributed by atoms with Gasteiger partial charge in [0.25, 0.3) is 0 Å². The summed E-state index contributed by atoms with van der Waals surface area (Å²) in [6.07, 6.45) is 0.819. The fourth-order valence-corrected chi connectivity index (χ4v) is 3.41. The predicted molar refractivity (Wildman–Crippen MR) is 114 cm³/mol. The van der Waals surface area contributed by atoms with Gasteiger partial charge in [-0.15, -0.1) is 0 Å². The van der Waals surface area contributed by atoms with Crippen LogP contribution in [0.25, 0.3) is 0 Å². The van der Waals surface area contributed by atoms with Crippen LogP contribution >= 0.6 is 0 Å². The molecule has 2 aromatic carbocycles. The van der Waals surface area contributed by atoms with Gasteiger partial charge in [0.15, 0.2) is 0 Å². The maximum absolute atomic E-state index is 13.1. The number of benzene rings is 2. The van der Waals surface area contributed by atoms with Gasteiger partial charge in [-0.05, 0) is 49.7 Å². The third-order valence-corrected chi connectivity index (χ3v) is 4.92. The molecule has 0 aromatic heterocycles. The van der Waals surface area contributed by atoms with Crippen molar-refractivity contribution in [3.63, 3.8) is 0 Å². The number of nitrogens with zero attached hydrogens (tertiary/aromatic N) is 2. The normalized spacial score (nSPS) is 13.3. The Balaban J connectivity index is 2.07. The highest BCUT2D eigenvalue weighted by Gasteiger charge is 2.26.